The normalized spacial score (nSPS) is 32.4. The molecule has 18 heavy (non-hydrogen) atoms. The topological polar surface area (TPSA) is 67.6 Å². The number of likely N-dealkylation sites (tertiary alicyclic amines) is 1. The number of nitrogens with one attached hydrogen (secondary N) is 1. The minimum Gasteiger partial charge on any atom is -0.379 e. The minimum absolute atomic E-state index is 0.0554. The van der Waals surface area contributed by atoms with Crippen LogP contribution in [0.25, 0.3) is 0 Å². The second kappa shape index (κ2) is 5.15. The fourth-order valence-corrected chi connectivity index (χ4v) is 2.56. The Balaban J connectivity index is 1.82. The van der Waals surface area contributed by atoms with Crippen molar-refractivity contribution in [2.75, 3.05) is 39.9 Å². The van der Waals surface area contributed by atoms with Gasteiger partial charge < -0.3 is 20.7 Å². The maximum atomic E-state index is 12.1. The van der Waals surface area contributed by atoms with Gasteiger partial charge in [0.05, 0.1) is 6.61 Å². The van der Waals surface area contributed by atoms with Crippen LogP contribution in [-0.2, 0) is 9.53 Å². The molecule has 104 valence electrons. The monoisotopic (exact) mass is 255 g/mol. The van der Waals surface area contributed by atoms with Crippen LogP contribution in [0.5, 0.6) is 0 Å². The van der Waals surface area contributed by atoms with Crippen molar-refractivity contribution >= 4 is 5.91 Å². The van der Waals surface area contributed by atoms with Gasteiger partial charge in [0.15, 0.2) is 0 Å². The zero-order chi connectivity index (χ0) is 13.2. The molecule has 0 aromatic heterocycles. The zero-order valence-electron chi connectivity index (χ0n) is 11.5. The highest BCUT2D eigenvalue weighted by molar-refractivity contribution is 5.86. The molecule has 0 saturated carbocycles. The summed E-state index contributed by atoms with van der Waals surface area (Å²) in [5.41, 5.74) is 5.44. The summed E-state index contributed by atoms with van der Waals surface area (Å²) in [7, 11) is 2.14. The van der Waals surface area contributed by atoms with Crippen LogP contribution >= 0.6 is 0 Å². The van der Waals surface area contributed by atoms with E-state index in [1.54, 1.807) is 0 Å². The molecule has 2 fully saturated rings. The number of hydrogen-bond donors (Lipinski definition) is 2. The van der Waals surface area contributed by atoms with Gasteiger partial charge in [-0.2, -0.15) is 0 Å². The van der Waals surface area contributed by atoms with E-state index in [9.17, 15) is 4.79 Å². The zero-order valence-corrected chi connectivity index (χ0v) is 11.5. The molecule has 0 aliphatic carbocycles. The number of ether oxygens (including phenoxy) is 1. The lowest BCUT2D eigenvalue weighted by Gasteiger charge is -2.38. The first-order chi connectivity index (χ1) is 8.44. The van der Waals surface area contributed by atoms with Crippen molar-refractivity contribution in [2.45, 2.75) is 31.7 Å². The largest absolute Gasteiger partial charge is 0.379 e. The van der Waals surface area contributed by atoms with E-state index in [2.05, 4.69) is 24.2 Å². The molecule has 2 rings (SSSR count). The maximum Gasteiger partial charge on any atom is 0.242 e. The van der Waals surface area contributed by atoms with Gasteiger partial charge in [-0.3, -0.25) is 4.79 Å². The van der Waals surface area contributed by atoms with Crippen molar-refractivity contribution in [3.05, 3.63) is 0 Å². The Morgan fingerprint density at radius 3 is 2.61 bits per heavy atom. The second-order valence-electron chi connectivity index (χ2n) is 6.26. The molecule has 0 radical (unpaired) electrons. The molecule has 2 aliphatic rings. The van der Waals surface area contributed by atoms with E-state index in [0.29, 0.717) is 19.6 Å². The third kappa shape index (κ3) is 3.02. The molecule has 5 heteroatoms. The minimum atomic E-state index is -0.804. The van der Waals surface area contributed by atoms with Gasteiger partial charge in [-0.25, -0.2) is 0 Å². The average Bonchev–Trinajstić information content (AvgIpc) is 2.79. The van der Waals surface area contributed by atoms with Gasteiger partial charge in [0.25, 0.3) is 0 Å². The Morgan fingerprint density at radius 1 is 1.39 bits per heavy atom. The van der Waals surface area contributed by atoms with Gasteiger partial charge in [0, 0.05) is 13.2 Å². The fourth-order valence-electron chi connectivity index (χ4n) is 2.56. The van der Waals surface area contributed by atoms with Crippen molar-refractivity contribution in [2.24, 2.45) is 11.1 Å². The number of piperidine rings is 1. The lowest BCUT2D eigenvalue weighted by Crippen LogP contribution is -2.56. The number of nitrogens with zero attached hydrogens (tertiary/aromatic N) is 1. The lowest BCUT2D eigenvalue weighted by atomic mass is 9.80. The van der Waals surface area contributed by atoms with Crippen molar-refractivity contribution in [3.63, 3.8) is 0 Å². The van der Waals surface area contributed by atoms with Gasteiger partial charge in [0.2, 0.25) is 5.91 Å². The number of rotatable bonds is 3. The van der Waals surface area contributed by atoms with Crippen molar-refractivity contribution < 1.29 is 9.53 Å². The summed E-state index contributed by atoms with van der Waals surface area (Å²) in [6.07, 6.45) is 2.87. The summed E-state index contributed by atoms with van der Waals surface area (Å²) in [5.74, 6) is -0.0554. The van der Waals surface area contributed by atoms with Gasteiger partial charge in [0.1, 0.15) is 5.54 Å². The first kappa shape index (κ1) is 13.8. The highest BCUT2D eigenvalue weighted by atomic mass is 16.5. The number of carbonyl (C=O) groups excluding carboxylic acids is 1. The molecule has 1 atom stereocenters. The summed E-state index contributed by atoms with van der Waals surface area (Å²) in [4.78, 5) is 14.4. The van der Waals surface area contributed by atoms with E-state index in [4.69, 9.17) is 10.5 Å². The first-order valence-corrected chi connectivity index (χ1v) is 6.77. The van der Waals surface area contributed by atoms with Gasteiger partial charge in [-0.05, 0) is 44.8 Å². The van der Waals surface area contributed by atoms with Gasteiger partial charge >= 0.3 is 0 Å². The van der Waals surface area contributed by atoms with Crippen molar-refractivity contribution in [3.8, 4) is 0 Å². The van der Waals surface area contributed by atoms with Crippen LogP contribution in [0.2, 0.25) is 0 Å². The van der Waals surface area contributed by atoms with Crippen molar-refractivity contribution in [1.82, 2.24) is 10.2 Å². The molecule has 0 spiro atoms. The van der Waals surface area contributed by atoms with Crippen LogP contribution < -0.4 is 11.1 Å². The molecule has 3 N–H and O–H groups in total. The van der Waals surface area contributed by atoms with E-state index < -0.39 is 5.54 Å². The molecule has 5 nitrogen and oxygen atoms in total. The van der Waals surface area contributed by atoms with Crippen LogP contribution in [0.4, 0.5) is 0 Å². The molecule has 0 bridgehead atoms. The molecule has 2 heterocycles. The standard InChI is InChI=1S/C13H25N3O2/c1-12(3-6-16(2)7-4-12)9-15-11(17)13(14)5-8-18-10-13/h3-10,14H2,1-2H3,(H,15,17). The van der Waals surface area contributed by atoms with Crippen LogP contribution in [-0.4, -0.2) is 56.2 Å². The molecular weight excluding hydrogens is 230 g/mol. The Kier molecular flexibility index (Phi) is 3.94. The van der Waals surface area contributed by atoms with E-state index >= 15 is 0 Å². The second-order valence-corrected chi connectivity index (χ2v) is 6.26. The molecule has 1 unspecified atom stereocenters. The Labute approximate surface area is 109 Å². The molecule has 0 aromatic carbocycles. The van der Waals surface area contributed by atoms with Crippen LogP contribution in [0.1, 0.15) is 26.2 Å². The van der Waals surface area contributed by atoms with Crippen molar-refractivity contribution in [1.29, 1.82) is 0 Å². The summed E-state index contributed by atoms with van der Waals surface area (Å²) in [5, 5.41) is 3.03. The third-order valence-corrected chi connectivity index (χ3v) is 4.37. The van der Waals surface area contributed by atoms with Crippen LogP contribution in [0.15, 0.2) is 0 Å². The number of carbonyl (C=O) groups is 1. The lowest BCUT2D eigenvalue weighted by molar-refractivity contribution is -0.127. The van der Waals surface area contributed by atoms with Crippen LogP contribution in [0.3, 0.4) is 0 Å². The summed E-state index contributed by atoms with van der Waals surface area (Å²) in [6, 6.07) is 0. The van der Waals surface area contributed by atoms with E-state index in [0.717, 1.165) is 32.5 Å². The molecule has 2 aliphatic heterocycles. The van der Waals surface area contributed by atoms with E-state index in [1.165, 1.54) is 0 Å². The summed E-state index contributed by atoms with van der Waals surface area (Å²) in [6.45, 7) is 6.10. The highest BCUT2D eigenvalue weighted by Crippen LogP contribution is 2.29. The predicted molar refractivity (Wildman–Crippen MR) is 70.2 cm³/mol. The summed E-state index contributed by atoms with van der Waals surface area (Å²) >= 11 is 0. The SMILES string of the molecule is CN1CCC(C)(CNC(=O)C2(N)CCOC2)CC1. The first-order valence-electron chi connectivity index (χ1n) is 6.77. The predicted octanol–water partition coefficient (Wildman–Crippen LogP) is -0.0477. The smallest absolute Gasteiger partial charge is 0.242 e. The summed E-state index contributed by atoms with van der Waals surface area (Å²) < 4.78 is 5.22. The third-order valence-electron chi connectivity index (χ3n) is 4.37. The molecule has 0 aromatic rings. The highest BCUT2D eigenvalue weighted by Gasteiger charge is 2.39. The number of amides is 1. The Hall–Kier alpha value is -0.650. The van der Waals surface area contributed by atoms with Gasteiger partial charge in [-0.1, -0.05) is 6.92 Å². The number of nitrogens with two attached hydrogens (primary N) is 1. The van der Waals surface area contributed by atoms with Crippen LogP contribution in [0, 0.1) is 5.41 Å². The Morgan fingerprint density at radius 2 is 2.06 bits per heavy atom. The van der Waals surface area contributed by atoms with E-state index in [-0.39, 0.29) is 11.3 Å². The molecule has 2 saturated heterocycles. The maximum absolute atomic E-state index is 12.1. The van der Waals surface area contributed by atoms with E-state index in [1.807, 2.05) is 0 Å². The Bertz CT molecular complexity index is 305. The number of hydrogen-bond acceptors (Lipinski definition) is 4. The fraction of sp³-hybridized carbons (Fsp3) is 0.923. The molecular formula is C13H25N3O2. The quantitative estimate of drug-likeness (QED) is 0.742. The molecule has 1 amide bonds. The van der Waals surface area contributed by atoms with Gasteiger partial charge in [-0.15, -0.1) is 0 Å². The average molecular weight is 255 g/mol.